The van der Waals surface area contributed by atoms with Crippen molar-refractivity contribution in [3.63, 3.8) is 0 Å². The standard InChI is InChI=1S/C15H17ClN2/c1-17-11-12-7-6-10-14(16)15(12)18(2)13-8-4-3-5-9-13/h3-10,17H,11H2,1-2H3. The number of halogens is 1. The number of anilines is 2. The highest BCUT2D eigenvalue weighted by atomic mass is 35.5. The molecule has 2 aromatic rings. The molecular formula is C15H17ClN2. The molecule has 2 aromatic carbocycles. The van der Waals surface area contributed by atoms with E-state index in [-0.39, 0.29) is 0 Å². The average molecular weight is 261 g/mol. The molecule has 0 radical (unpaired) electrons. The minimum absolute atomic E-state index is 0.772. The number of hydrogen-bond acceptors (Lipinski definition) is 2. The molecule has 0 heterocycles. The van der Waals surface area contributed by atoms with Crippen molar-refractivity contribution in [3.05, 3.63) is 59.1 Å². The molecular weight excluding hydrogens is 244 g/mol. The third kappa shape index (κ3) is 2.66. The number of nitrogens with zero attached hydrogens (tertiary/aromatic N) is 1. The summed E-state index contributed by atoms with van der Waals surface area (Å²) in [5.41, 5.74) is 3.37. The molecule has 0 saturated heterocycles. The van der Waals surface area contributed by atoms with Crippen LogP contribution >= 0.6 is 11.6 Å². The van der Waals surface area contributed by atoms with Gasteiger partial charge < -0.3 is 10.2 Å². The van der Waals surface area contributed by atoms with Crippen molar-refractivity contribution in [2.75, 3.05) is 19.0 Å². The lowest BCUT2D eigenvalue weighted by Crippen LogP contribution is -2.15. The number of rotatable bonds is 4. The van der Waals surface area contributed by atoms with Crippen molar-refractivity contribution in [3.8, 4) is 0 Å². The van der Waals surface area contributed by atoms with Crippen molar-refractivity contribution in [1.82, 2.24) is 5.32 Å². The summed E-state index contributed by atoms with van der Waals surface area (Å²) in [6, 6.07) is 16.2. The van der Waals surface area contributed by atoms with Crippen LogP contribution in [0.5, 0.6) is 0 Å². The van der Waals surface area contributed by atoms with Gasteiger partial charge in [0, 0.05) is 19.3 Å². The van der Waals surface area contributed by atoms with Gasteiger partial charge >= 0.3 is 0 Å². The van der Waals surface area contributed by atoms with E-state index in [0.717, 1.165) is 22.9 Å². The molecule has 1 N–H and O–H groups in total. The number of benzene rings is 2. The molecule has 0 aliphatic rings. The molecule has 0 aliphatic heterocycles. The van der Waals surface area contributed by atoms with Gasteiger partial charge in [0.2, 0.25) is 0 Å². The largest absolute Gasteiger partial charge is 0.343 e. The lowest BCUT2D eigenvalue weighted by atomic mass is 10.1. The first kappa shape index (κ1) is 12.9. The molecule has 0 saturated carbocycles. The summed E-state index contributed by atoms with van der Waals surface area (Å²) in [7, 11) is 3.98. The molecule has 0 amide bonds. The smallest absolute Gasteiger partial charge is 0.0646 e. The Morgan fingerprint density at radius 1 is 1.06 bits per heavy atom. The van der Waals surface area contributed by atoms with Crippen molar-refractivity contribution >= 4 is 23.0 Å². The highest BCUT2D eigenvalue weighted by Gasteiger charge is 2.12. The topological polar surface area (TPSA) is 15.3 Å². The monoisotopic (exact) mass is 260 g/mol. The molecule has 18 heavy (non-hydrogen) atoms. The molecule has 2 nitrogen and oxygen atoms in total. The second-order valence-corrected chi connectivity index (χ2v) is 4.58. The van der Waals surface area contributed by atoms with E-state index in [2.05, 4.69) is 28.4 Å². The Bertz CT molecular complexity index is 511. The Balaban J connectivity index is 2.43. The Morgan fingerprint density at radius 3 is 2.44 bits per heavy atom. The maximum Gasteiger partial charge on any atom is 0.0646 e. The zero-order valence-corrected chi connectivity index (χ0v) is 11.4. The van der Waals surface area contributed by atoms with Crippen LogP contribution in [-0.2, 0) is 6.54 Å². The minimum Gasteiger partial charge on any atom is -0.343 e. The molecule has 3 heteroatoms. The summed E-state index contributed by atoms with van der Waals surface area (Å²) >= 11 is 6.34. The van der Waals surface area contributed by atoms with Gasteiger partial charge in [0.05, 0.1) is 10.7 Å². The lowest BCUT2D eigenvalue weighted by molar-refractivity contribution is 0.816. The molecule has 94 valence electrons. The van der Waals surface area contributed by atoms with E-state index in [0.29, 0.717) is 0 Å². The predicted molar refractivity (Wildman–Crippen MR) is 78.7 cm³/mol. The SMILES string of the molecule is CNCc1cccc(Cl)c1N(C)c1ccccc1. The quantitative estimate of drug-likeness (QED) is 0.899. The van der Waals surface area contributed by atoms with Crippen LogP contribution in [0.15, 0.2) is 48.5 Å². The molecule has 0 bridgehead atoms. The van der Waals surface area contributed by atoms with E-state index < -0.39 is 0 Å². The Hall–Kier alpha value is -1.51. The van der Waals surface area contributed by atoms with Gasteiger partial charge in [-0.05, 0) is 30.8 Å². The Morgan fingerprint density at radius 2 is 1.78 bits per heavy atom. The van der Waals surface area contributed by atoms with Crippen molar-refractivity contribution in [2.45, 2.75) is 6.54 Å². The zero-order chi connectivity index (χ0) is 13.0. The van der Waals surface area contributed by atoms with Gasteiger partial charge in [-0.1, -0.05) is 41.9 Å². The molecule has 2 rings (SSSR count). The maximum absolute atomic E-state index is 6.34. The van der Waals surface area contributed by atoms with Gasteiger partial charge in [-0.3, -0.25) is 0 Å². The van der Waals surface area contributed by atoms with Crippen LogP contribution in [0.1, 0.15) is 5.56 Å². The van der Waals surface area contributed by atoms with Crippen LogP contribution in [-0.4, -0.2) is 14.1 Å². The van der Waals surface area contributed by atoms with Crippen molar-refractivity contribution < 1.29 is 0 Å². The second-order valence-electron chi connectivity index (χ2n) is 4.17. The highest BCUT2D eigenvalue weighted by Crippen LogP contribution is 2.33. The lowest BCUT2D eigenvalue weighted by Gasteiger charge is -2.24. The van der Waals surface area contributed by atoms with E-state index in [9.17, 15) is 0 Å². The average Bonchev–Trinajstić information content (AvgIpc) is 2.40. The first-order valence-corrected chi connectivity index (χ1v) is 6.32. The maximum atomic E-state index is 6.34. The van der Waals surface area contributed by atoms with Gasteiger partial charge in [-0.25, -0.2) is 0 Å². The number of hydrogen-bond donors (Lipinski definition) is 1. The van der Waals surface area contributed by atoms with Crippen LogP contribution < -0.4 is 10.2 Å². The molecule has 0 aliphatic carbocycles. The van der Waals surface area contributed by atoms with E-state index in [1.165, 1.54) is 5.56 Å². The first-order valence-electron chi connectivity index (χ1n) is 5.95. The van der Waals surface area contributed by atoms with E-state index >= 15 is 0 Å². The summed E-state index contributed by atoms with van der Waals surface area (Å²) in [5.74, 6) is 0. The summed E-state index contributed by atoms with van der Waals surface area (Å²) in [6.45, 7) is 0.799. The molecule has 0 unspecified atom stereocenters. The second kappa shape index (κ2) is 5.89. The third-order valence-electron chi connectivity index (χ3n) is 2.92. The van der Waals surface area contributed by atoms with Crippen LogP contribution in [0.3, 0.4) is 0 Å². The molecule has 0 spiro atoms. The van der Waals surface area contributed by atoms with Gasteiger partial charge in [-0.15, -0.1) is 0 Å². The Kier molecular flexibility index (Phi) is 4.24. The molecule has 0 atom stereocenters. The van der Waals surface area contributed by atoms with E-state index in [1.54, 1.807) is 0 Å². The van der Waals surface area contributed by atoms with Crippen LogP contribution in [0, 0.1) is 0 Å². The van der Waals surface area contributed by atoms with Gasteiger partial charge in [0.25, 0.3) is 0 Å². The van der Waals surface area contributed by atoms with Gasteiger partial charge in [0.1, 0.15) is 0 Å². The minimum atomic E-state index is 0.772. The van der Waals surface area contributed by atoms with Gasteiger partial charge in [0.15, 0.2) is 0 Å². The van der Waals surface area contributed by atoms with E-state index in [4.69, 9.17) is 11.6 Å². The highest BCUT2D eigenvalue weighted by molar-refractivity contribution is 6.33. The fraction of sp³-hybridized carbons (Fsp3) is 0.200. The zero-order valence-electron chi connectivity index (χ0n) is 10.7. The van der Waals surface area contributed by atoms with Gasteiger partial charge in [-0.2, -0.15) is 0 Å². The van der Waals surface area contributed by atoms with E-state index in [1.807, 2.05) is 44.4 Å². The fourth-order valence-electron chi connectivity index (χ4n) is 2.05. The first-order chi connectivity index (χ1) is 8.74. The summed E-state index contributed by atoms with van der Waals surface area (Å²) in [5, 5.41) is 3.94. The predicted octanol–water partition coefficient (Wildman–Crippen LogP) is 3.83. The van der Waals surface area contributed by atoms with Crippen LogP contribution in [0.25, 0.3) is 0 Å². The summed E-state index contributed by atoms with van der Waals surface area (Å²) in [4.78, 5) is 2.12. The molecule has 0 aromatic heterocycles. The number of nitrogens with one attached hydrogen (secondary N) is 1. The van der Waals surface area contributed by atoms with Crippen molar-refractivity contribution in [1.29, 1.82) is 0 Å². The van der Waals surface area contributed by atoms with Crippen LogP contribution in [0.4, 0.5) is 11.4 Å². The van der Waals surface area contributed by atoms with Crippen LogP contribution in [0.2, 0.25) is 5.02 Å². The van der Waals surface area contributed by atoms with Crippen molar-refractivity contribution in [2.24, 2.45) is 0 Å². The summed E-state index contributed by atoms with van der Waals surface area (Å²) < 4.78 is 0. The number of para-hydroxylation sites is 2. The molecule has 0 fully saturated rings. The summed E-state index contributed by atoms with van der Waals surface area (Å²) in [6.07, 6.45) is 0. The fourth-order valence-corrected chi connectivity index (χ4v) is 2.37. The normalized spacial score (nSPS) is 10.4. The Labute approximate surface area is 113 Å². The third-order valence-corrected chi connectivity index (χ3v) is 3.22.